The van der Waals surface area contributed by atoms with Crippen molar-refractivity contribution in [1.29, 1.82) is 0 Å². The Bertz CT molecular complexity index is 549. The quantitative estimate of drug-likeness (QED) is 0.772. The molecule has 0 aliphatic heterocycles. The van der Waals surface area contributed by atoms with Crippen LogP contribution in [0, 0.1) is 0 Å². The molecule has 0 spiro atoms. The second-order valence-electron chi connectivity index (χ2n) is 3.76. The second-order valence-corrected chi connectivity index (χ2v) is 3.76. The summed E-state index contributed by atoms with van der Waals surface area (Å²) >= 11 is 0. The predicted molar refractivity (Wildman–Crippen MR) is 65.3 cm³/mol. The molecule has 1 heterocycles. The number of carbonyl (C=O) groups excluding carboxylic acids is 1. The highest BCUT2D eigenvalue weighted by Crippen LogP contribution is 2.15. The van der Waals surface area contributed by atoms with Gasteiger partial charge in [-0.2, -0.15) is 0 Å². The van der Waals surface area contributed by atoms with Gasteiger partial charge in [0.2, 0.25) is 0 Å². The summed E-state index contributed by atoms with van der Waals surface area (Å²) in [4.78, 5) is 15.5. The van der Waals surface area contributed by atoms with Crippen LogP contribution in [0.2, 0.25) is 0 Å². The maximum absolute atomic E-state index is 11.4. The molecule has 1 aromatic heterocycles. The van der Waals surface area contributed by atoms with Crippen LogP contribution in [0.1, 0.15) is 16.2 Å². The van der Waals surface area contributed by atoms with Crippen LogP contribution in [-0.2, 0) is 18.4 Å². The lowest BCUT2D eigenvalue weighted by molar-refractivity contribution is 0.0600. The molecule has 0 aliphatic rings. The average molecular weight is 246 g/mol. The van der Waals surface area contributed by atoms with E-state index in [-0.39, 0.29) is 5.97 Å². The van der Waals surface area contributed by atoms with Crippen LogP contribution in [0.5, 0.6) is 5.75 Å². The minimum Gasteiger partial charge on any atom is -0.486 e. The van der Waals surface area contributed by atoms with E-state index in [2.05, 4.69) is 9.72 Å². The van der Waals surface area contributed by atoms with E-state index in [1.807, 2.05) is 17.8 Å². The van der Waals surface area contributed by atoms with Crippen molar-refractivity contribution in [2.24, 2.45) is 7.05 Å². The maximum atomic E-state index is 11.4. The fourth-order valence-electron chi connectivity index (χ4n) is 1.51. The van der Waals surface area contributed by atoms with Gasteiger partial charge in [0, 0.05) is 19.4 Å². The van der Waals surface area contributed by atoms with Gasteiger partial charge in [0.1, 0.15) is 18.2 Å². The number of rotatable bonds is 4. The van der Waals surface area contributed by atoms with Gasteiger partial charge in [-0.05, 0) is 18.2 Å². The molecule has 2 aromatic rings. The first-order chi connectivity index (χ1) is 8.70. The molecule has 0 atom stereocenters. The minimum absolute atomic E-state index is 0.355. The Kier molecular flexibility index (Phi) is 3.62. The number of aryl methyl sites for hydroxylation is 1. The molecule has 5 nitrogen and oxygen atoms in total. The van der Waals surface area contributed by atoms with E-state index < -0.39 is 0 Å². The van der Waals surface area contributed by atoms with E-state index in [9.17, 15) is 4.79 Å². The molecular weight excluding hydrogens is 232 g/mol. The fraction of sp³-hybridized carbons (Fsp3) is 0.231. The Hall–Kier alpha value is -2.30. The Labute approximate surface area is 105 Å². The highest BCUT2D eigenvalue weighted by Gasteiger charge is 2.07. The molecule has 94 valence electrons. The van der Waals surface area contributed by atoms with E-state index in [1.54, 1.807) is 30.5 Å². The number of imidazole rings is 1. The standard InChI is InChI=1S/C13H14N2O3/c1-15-7-6-14-12(15)9-18-11-5-3-4-10(8-11)13(16)17-2/h3-8H,9H2,1-2H3. The van der Waals surface area contributed by atoms with Crippen LogP contribution in [0.25, 0.3) is 0 Å². The molecule has 0 amide bonds. The first kappa shape index (κ1) is 12.2. The zero-order valence-corrected chi connectivity index (χ0v) is 10.3. The number of nitrogens with zero attached hydrogens (tertiary/aromatic N) is 2. The molecular formula is C13H14N2O3. The molecule has 0 saturated carbocycles. The number of hydrogen-bond acceptors (Lipinski definition) is 4. The van der Waals surface area contributed by atoms with Crippen molar-refractivity contribution in [2.45, 2.75) is 6.61 Å². The summed E-state index contributed by atoms with van der Waals surface area (Å²) in [6.45, 7) is 0.355. The van der Waals surface area contributed by atoms with Crippen molar-refractivity contribution in [3.63, 3.8) is 0 Å². The third-order valence-electron chi connectivity index (χ3n) is 2.54. The maximum Gasteiger partial charge on any atom is 0.337 e. The molecule has 1 aromatic carbocycles. The monoisotopic (exact) mass is 246 g/mol. The molecule has 0 radical (unpaired) electrons. The summed E-state index contributed by atoms with van der Waals surface area (Å²) in [5.41, 5.74) is 0.467. The lowest BCUT2D eigenvalue weighted by Crippen LogP contribution is -2.04. The molecule has 0 aliphatic carbocycles. The number of aromatic nitrogens is 2. The summed E-state index contributed by atoms with van der Waals surface area (Å²) in [6.07, 6.45) is 3.56. The Morgan fingerprint density at radius 1 is 1.44 bits per heavy atom. The number of methoxy groups -OCH3 is 1. The van der Waals surface area contributed by atoms with E-state index in [0.29, 0.717) is 17.9 Å². The van der Waals surface area contributed by atoms with E-state index in [0.717, 1.165) is 5.82 Å². The Balaban J connectivity index is 2.06. The number of esters is 1. The van der Waals surface area contributed by atoms with Gasteiger partial charge in [-0.15, -0.1) is 0 Å². The number of hydrogen-bond donors (Lipinski definition) is 0. The van der Waals surface area contributed by atoms with Gasteiger partial charge in [0.05, 0.1) is 12.7 Å². The van der Waals surface area contributed by atoms with E-state index >= 15 is 0 Å². The first-order valence-corrected chi connectivity index (χ1v) is 5.48. The van der Waals surface area contributed by atoms with Crippen molar-refractivity contribution in [2.75, 3.05) is 7.11 Å². The summed E-state index contributed by atoms with van der Waals surface area (Å²) < 4.78 is 12.1. The zero-order valence-electron chi connectivity index (χ0n) is 10.3. The highest BCUT2D eigenvalue weighted by molar-refractivity contribution is 5.89. The zero-order chi connectivity index (χ0) is 13.0. The summed E-state index contributed by atoms with van der Waals surface area (Å²) in [5.74, 6) is 1.05. The third-order valence-corrected chi connectivity index (χ3v) is 2.54. The van der Waals surface area contributed by atoms with Gasteiger partial charge >= 0.3 is 5.97 Å². The largest absolute Gasteiger partial charge is 0.486 e. The molecule has 0 saturated heterocycles. The molecule has 0 unspecified atom stereocenters. The second kappa shape index (κ2) is 5.35. The Morgan fingerprint density at radius 2 is 2.28 bits per heavy atom. The van der Waals surface area contributed by atoms with Gasteiger partial charge in [-0.25, -0.2) is 9.78 Å². The number of ether oxygens (including phenoxy) is 2. The normalized spacial score (nSPS) is 10.1. The van der Waals surface area contributed by atoms with Crippen molar-refractivity contribution < 1.29 is 14.3 Å². The van der Waals surface area contributed by atoms with Crippen molar-refractivity contribution in [3.05, 3.63) is 48.0 Å². The molecule has 0 fully saturated rings. The van der Waals surface area contributed by atoms with Crippen LogP contribution in [0.15, 0.2) is 36.7 Å². The van der Waals surface area contributed by atoms with Gasteiger partial charge in [0.15, 0.2) is 0 Å². The molecule has 18 heavy (non-hydrogen) atoms. The minimum atomic E-state index is -0.377. The van der Waals surface area contributed by atoms with Gasteiger partial charge in [-0.1, -0.05) is 6.07 Å². The predicted octanol–water partition coefficient (Wildman–Crippen LogP) is 1.79. The van der Waals surface area contributed by atoms with Crippen molar-refractivity contribution in [3.8, 4) is 5.75 Å². The fourth-order valence-corrected chi connectivity index (χ4v) is 1.51. The molecule has 0 N–H and O–H groups in total. The van der Waals surface area contributed by atoms with Crippen LogP contribution < -0.4 is 4.74 Å². The van der Waals surface area contributed by atoms with Crippen LogP contribution in [-0.4, -0.2) is 22.6 Å². The molecule has 2 rings (SSSR count). The van der Waals surface area contributed by atoms with Gasteiger partial charge < -0.3 is 14.0 Å². The van der Waals surface area contributed by atoms with Crippen LogP contribution >= 0.6 is 0 Å². The van der Waals surface area contributed by atoms with Crippen LogP contribution in [0.3, 0.4) is 0 Å². The van der Waals surface area contributed by atoms with Crippen molar-refractivity contribution >= 4 is 5.97 Å². The third kappa shape index (κ3) is 2.68. The summed E-state index contributed by atoms with van der Waals surface area (Å²) in [5, 5.41) is 0. The number of carbonyl (C=O) groups is 1. The SMILES string of the molecule is COC(=O)c1cccc(OCc2nccn2C)c1. The lowest BCUT2D eigenvalue weighted by atomic mass is 10.2. The average Bonchev–Trinajstić information content (AvgIpc) is 2.81. The summed E-state index contributed by atoms with van der Waals surface area (Å²) in [6, 6.07) is 6.86. The first-order valence-electron chi connectivity index (χ1n) is 5.48. The van der Waals surface area contributed by atoms with E-state index in [1.165, 1.54) is 7.11 Å². The topological polar surface area (TPSA) is 53.4 Å². The van der Waals surface area contributed by atoms with E-state index in [4.69, 9.17) is 4.74 Å². The summed E-state index contributed by atoms with van der Waals surface area (Å²) in [7, 11) is 3.25. The van der Waals surface area contributed by atoms with Crippen LogP contribution in [0.4, 0.5) is 0 Å². The Morgan fingerprint density at radius 3 is 2.94 bits per heavy atom. The van der Waals surface area contributed by atoms with Gasteiger partial charge in [0.25, 0.3) is 0 Å². The highest BCUT2D eigenvalue weighted by atomic mass is 16.5. The number of benzene rings is 1. The molecule has 5 heteroatoms. The smallest absolute Gasteiger partial charge is 0.337 e. The molecule has 0 bridgehead atoms. The van der Waals surface area contributed by atoms with Crippen molar-refractivity contribution in [1.82, 2.24) is 9.55 Å². The van der Waals surface area contributed by atoms with Gasteiger partial charge in [-0.3, -0.25) is 0 Å². The lowest BCUT2D eigenvalue weighted by Gasteiger charge is -2.07.